The molecule has 3 aromatic rings. The molecule has 1 aliphatic heterocycles. The highest BCUT2D eigenvalue weighted by Crippen LogP contribution is 2.31. The molecule has 11 nitrogen and oxygen atoms in total. The van der Waals surface area contributed by atoms with Crippen LogP contribution >= 0.6 is 0 Å². The SMILES string of the molecule is CCc1conc1C(=O)N[C@H](C(=O)Nc1cc([C@@H](COC)N2C[C@@H](C(F)(F)F)NC2=O)ccn1)c1ccc(F)c(F)c1. The van der Waals surface area contributed by atoms with Crippen molar-refractivity contribution >= 4 is 23.7 Å². The smallest absolute Gasteiger partial charge is 0.382 e. The normalized spacial score (nSPS) is 16.6. The predicted molar refractivity (Wildman–Crippen MR) is 135 cm³/mol. The standard InChI is InChI=1S/C26H25F5N6O5/c1-3-13-11-42-36-22(13)24(39)35-21(15-4-5-16(27)17(28)8-15)23(38)34-20-9-14(6-7-32-20)18(12-41-2)37-10-19(26(29,30)31)33-25(37)40/h4-9,11,18-19,21H,3,10,12H2,1-2H3,(H,33,40)(H,35,39)(H,32,34,38)/t18-,19+,21+/m1/s1. The summed E-state index contributed by atoms with van der Waals surface area (Å²) < 4.78 is 77.4. The van der Waals surface area contributed by atoms with E-state index in [2.05, 4.69) is 20.8 Å². The van der Waals surface area contributed by atoms with E-state index in [4.69, 9.17) is 9.26 Å². The van der Waals surface area contributed by atoms with Gasteiger partial charge >= 0.3 is 12.2 Å². The third-order valence-electron chi connectivity index (χ3n) is 6.51. The number of urea groups is 1. The number of carbonyl (C=O) groups excluding carboxylic acids is 3. The molecule has 224 valence electrons. The Morgan fingerprint density at radius 3 is 2.60 bits per heavy atom. The van der Waals surface area contributed by atoms with Crippen LogP contribution in [0.3, 0.4) is 0 Å². The van der Waals surface area contributed by atoms with Gasteiger partial charge in [0.05, 0.1) is 19.2 Å². The second kappa shape index (κ2) is 12.5. The van der Waals surface area contributed by atoms with Crippen LogP contribution in [0, 0.1) is 11.6 Å². The number of hydrogen-bond donors (Lipinski definition) is 3. The zero-order valence-corrected chi connectivity index (χ0v) is 22.2. The lowest BCUT2D eigenvalue weighted by atomic mass is 10.0. The summed E-state index contributed by atoms with van der Waals surface area (Å²) in [6.45, 7) is 0.889. The lowest BCUT2D eigenvalue weighted by molar-refractivity contribution is -0.150. The van der Waals surface area contributed by atoms with E-state index in [0.29, 0.717) is 12.0 Å². The summed E-state index contributed by atoms with van der Waals surface area (Å²) in [5, 5.41) is 10.4. The van der Waals surface area contributed by atoms with Crippen LogP contribution in [0.25, 0.3) is 0 Å². The van der Waals surface area contributed by atoms with Crippen LogP contribution in [0.5, 0.6) is 0 Å². The van der Waals surface area contributed by atoms with Gasteiger partial charge in [0.15, 0.2) is 17.3 Å². The zero-order chi connectivity index (χ0) is 30.6. The molecule has 3 N–H and O–H groups in total. The molecule has 0 spiro atoms. The van der Waals surface area contributed by atoms with Gasteiger partial charge in [0.1, 0.15) is 24.2 Å². The monoisotopic (exact) mass is 596 g/mol. The highest BCUT2D eigenvalue weighted by atomic mass is 19.4. The van der Waals surface area contributed by atoms with Crippen molar-refractivity contribution in [2.24, 2.45) is 0 Å². The fourth-order valence-corrected chi connectivity index (χ4v) is 4.34. The van der Waals surface area contributed by atoms with Gasteiger partial charge in [-0.2, -0.15) is 13.2 Å². The second-order valence-electron chi connectivity index (χ2n) is 9.25. The van der Waals surface area contributed by atoms with Gasteiger partial charge in [-0.05, 0) is 41.8 Å². The Bertz CT molecular complexity index is 1470. The van der Waals surface area contributed by atoms with Crippen LogP contribution in [0.15, 0.2) is 47.3 Å². The number of hydrogen-bond acceptors (Lipinski definition) is 7. The Morgan fingerprint density at radius 2 is 1.95 bits per heavy atom. The first-order valence-corrected chi connectivity index (χ1v) is 12.5. The van der Waals surface area contributed by atoms with Crippen LogP contribution in [0.4, 0.5) is 32.6 Å². The number of amides is 4. The molecular weight excluding hydrogens is 571 g/mol. The molecule has 0 radical (unpaired) electrons. The summed E-state index contributed by atoms with van der Waals surface area (Å²) in [5.41, 5.74) is 0.501. The molecule has 1 aromatic carbocycles. The summed E-state index contributed by atoms with van der Waals surface area (Å²) in [6, 6.07) is -0.210. The molecular formula is C26H25F5N6O5. The van der Waals surface area contributed by atoms with E-state index in [1.165, 1.54) is 31.7 Å². The predicted octanol–water partition coefficient (Wildman–Crippen LogP) is 3.66. The summed E-state index contributed by atoms with van der Waals surface area (Å²) in [4.78, 5) is 43.7. The third-order valence-corrected chi connectivity index (χ3v) is 6.51. The van der Waals surface area contributed by atoms with Crippen molar-refractivity contribution in [2.75, 3.05) is 25.6 Å². The molecule has 4 rings (SSSR count). The van der Waals surface area contributed by atoms with E-state index >= 15 is 0 Å². The number of alkyl halides is 3. The summed E-state index contributed by atoms with van der Waals surface area (Å²) in [7, 11) is 1.31. The minimum atomic E-state index is -4.66. The number of carbonyl (C=O) groups is 3. The second-order valence-corrected chi connectivity index (χ2v) is 9.25. The number of aromatic nitrogens is 2. The molecule has 3 heterocycles. The molecule has 3 atom stereocenters. The van der Waals surface area contributed by atoms with Gasteiger partial charge in [0.2, 0.25) is 0 Å². The van der Waals surface area contributed by atoms with Gasteiger partial charge in [0.25, 0.3) is 11.8 Å². The molecule has 1 aliphatic rings. The van der Waals surface area contributed by atoms with Crippen LogP contribution < -0.4 is 16.0 Å². The molecule has 2 aromatic heterocycles. The Balaban J connectivity index is 1.60. The average molecular weight is 597 g/mol. The average Bonchev–Trinajstić information content (AvgIpc) is 3.58. The van der Waals surface area contributed by atoms with Gasteiger partial charge in [-0.3, -0.25) is 9.59 Å². The van der Waals surface area contributed by atoms with Crippen molar-refractivity contribution in [3.8, 4) is 0 Å². The molecule has 16 heteroatoms. The first kappa shape index (κ1) is 30.4. The van der Waals surface area contributed by atoms with Crippen LogP contribution in [0.1, 0.15) is 46.2 Å². The number of halogens is 5. The maximum atomic E-state index is 14.1. The van der Waals surface area contributed by atoms with Crippen LogP contribution in [-0.4, -0.2) is 65.4 Å². The molecule has 0 saturated carbocycles. The van der Waals surface area contributed by atoms with E-state index in [-0.39, 0.29) is 29.2 Å². The number of pyridine rings is 1. The fourth-order valence-electron chi connectivity index (χ4n) is 4.34. The zero-order valence-electron chi connectivity index (χ0n) is 22.2. The first-order valence-electron chi connectivity index (χ1n) is 12.5. The maximum Gasteiger partial charge on any atom is 0.410 e. The summed E-state index contributed by atoms with van der Waals surface area (Å²) in [6.07, 6.45) is -1.78. The van der Waals surface area contributed by atoms with Crippen molar-refractivity contribution in [1.82, 2.24) is 25.7 Å². The molecule has 4 amide bonds. The highest BCUT2D eigenvalue weighted by molar-refractivity contribution is 6.01. The number of methoxy groups -OCH3 is 1. The van der Waals surface area contributed by atoms with E-state index in [0.717, 1.165) is 23.1 Å². The Kier molecular flexibility index (Phi) is 9.04. The number of anilines is 1. The molecule has 42 heavy (non-hydrogen) atoms. The number of benzene rings is 1. The summed E-state index contributed by atoms with van der Waals surface area (Å²) >= 11 is 0. The van der Waals surface area contributed by atoms with Crippen LogP contribution in [0.2, 0.25) is 0 Å². The van der Waals surface area contributed by atoms with Crippen molar-refractivity contribution in [3.63, 3.8) is 0 Å². The van der Waals surface area contributed by atoms with E-state index in [1.54, 1.807) is 6.92 Å². The Labute approximate surface area is 235 Å². The van der Waals surface area contributed by atoms with E-state index in [1.807, 2.05) is 5.32 Å². The van der Waals surface area contributed by atoms with E-state index < -0.39 is 60.3 Å². The number of ether oxygens (including phenoxy) is 1. The molecule has 1 saturated heterocycles. The lowest BCUT2D eigenvalue weighted by Gasteiger charge is -2.27. The van der Waals surface area contributed by atoms with Crippen molar-refractivity contribution in [1.29, 1.82) is 0 Å². The minimum Gasteiger partial charge on any atom is -0.382 e. The quantitative estimate of drug-likeness (QED) is 0.304. The molecule has 1 fully saturated rings. The molecule has 0 aliphatic carbocycles. The Hall–Kier alpha value is -4.60. The van der Waals surface area contributed by atoms with Gasteiger partial charge in [-0.15, -0.1) is 0 Å². The van der Waals surface area contributed by atoms with Crippen molar-refractivity contribution in [2.45, 2.75) is 37.6 Å². The number of aryl methyl sites for hydroxylation is 1. The van der Waals surface area contributed by atoms with Crippen molar-refractivity contribution < 1.29 is 45.6 Å². The van der Waals surface area contributed by atoms with Crippen molar-refractivity contribution in [3.05, 3.63) is 76.8 Å². The topological polar surface area (TPSA) is 139 Å². The Morgan fingerprint density at radius 1 is 1.19 bits per heavy atom. The molecule has 0 bridgehead atoms. The number of nitrogens with zero attached hydrogens (tertiary/aromatic N) is 3. The van der Waals surface area contributed by atoms with Gasteiger partial charge in [-0.25, -0.2) is 18.6 Å². The largest absolute Gasteiger partial charge is 0.410 e. The minimum absolute atomic E-state index is 0.108. The maximum absolute atomic E-state index is 14.1. The lowest BCUT2D eigenvalue weighted by Crippen LogP contribution is -2.40. The first-order chi connectivity index (χ1) is 19.9. The molecule has 0 unspecified atom stereocenters. The van der Waals surface area contributed by atoms with Gasteiger partial charge in [0, 0.05) is 18.9 Å². The number of rotatable bonds is 10. The van der Waals surface area contributed by atoms with Gasteiger partial charge < -0.3 is 30.1 Å². The number of nitrogens with one attached hydrogen (secondary N) is 3. The summed E-state index contributed by atoms with van der Waals surface area (Å²) in [5.74, 6) is -4.29. The third kappa shape index (κ3) is 6.64. The van der Waals surface area contributed by atoms with Gasteiger partial charge in [-0.1, -0.05) is 18.1 Å². The highest BCUT2D eigenvalue weighted by Gasteiger charge is 2.48. The fraction of sp³-hybridized carbons (Fsp3) is 0.346. The van der Waals surface area contributed by atoms with E-state index in [9.17, 15) is 36.3 Å². The van der Waals surface area contributed by atoms with Crippen LogP contribution in [-0.2, 0) is 16.0 Å².